The number of rotatable bonds is 3. The molecule has 2 fully saturated rings. The molecule has 0 spiro atoms. The number of allylic oxidation sites excluding steroid dienone is 2. The van der Waals surface area contributed by atoms with Crippen LogP contribution in [0, 0.1) is 12.8 Å². The summed E-state index contributed by atoms with van der Waals surface area (Å²) in [5.74, 6) is 1.28. The van der Waals surface area contributed by atoms with Crippen LogP contribution in [0.1, 0.15) is 77.3 Å². The molecule has 3 heteroatoms. The highest BCUT2D eigenvalue weighted by Crippen LogP contribution is 2.40. The van der Waals surface area contributed by atoms with E-state index < -0.39 is 0 Å². The summed E-state index contributed by atoms with van der Waals surface area (Å²) >= 11 is 0. The Morgan fingerprint density at radius 2 is 1.64 bits per heavy atom. The molecular formula is C22H33BO2. The van der Waals surface area contributed by atoms with Gasteiger partial charge in [-0.25, -0.2) is 0 Å². The standard InChI is InChI=1S/C22H33BO2/c1-7-10-17-11-8-9-12-20(17)18-13-16(2)14-19(15-18)23-24-21(3,4)22(5,6)25-23/h7,10,13-15,17,20H,8-9,11-12H2,1-6H3/b10-7+. The molecule has 1 aromatic carbocycles. The monoisotopic (exact) mass is 340 g/mol. The van der Waals surface area contributed by atoms with Crippen LogP contribution in [-0.2, 0) is 9.31 Å². The molecule has 1 saturated carbocycles. The first-order valence-electron chi connectivity index (χ1n) is 9.83. The third-order valence-corrected chi connectivity index (χ3v) is 6.33. The molecule has 2 atom stereocenters. The van der Waals surface area contributed by atoms with Gasteiger partial charge in [-0.15, -0.1) is 0 Å². The summed E-state index contributed by atoms with van der Waals surface area (Å²) in [7, 11) is -0.271. The maximum absolute atomic E-state index is 6.29. The molecule has 25 heavy (non-hydrogen) atoms. The zero-order valence-corrected chi connectivity index (χ0v) is 16.8. The van der Waals surface area contributed by atoms with Crippen molar-refractivity contribution in [1.82, 2.24) is 0 Å². The van der Waals surface area contributed by atoms with E-state index in [0.717, 1.165) is 0 Å². The van der Waals surface area contributed by atoms with Crippen molar-refractivity contribution in [2.45, 2.75) is 84.3 Å². The van der Waals surface area contributed by atoms with Crippen molar-refractivity contribution in [2.24, 2.45) is 5.92 Å². The maximum Gasteiger partial charge on any atom is 0.494 e. The molecule has 1 aliphatic heterocycles. The second-order valence-electron chi connectivity index (χ2n) is 8.85. The molecule has 3 rings (SSSR count). The molecule has 0 bridgehead atoms. The summed E-state index contributed by atoms with van der Waals surface area (Å²) in [5, 5.41) is 0. The highest BCUT2D eigenvalue weighted by atomic mass is 16.7. The van der Waals surface area contributed by atoms with Gasteiger partial charge in [-0.3, -0.25) is 0 Å². The lowest BCUT2D eigenvalue weighted by Gasteiger charge is -2.32. The molecule has 1 aliphatic carbocycles. The van der Waals surface area contributed by atoms with Crippen LogP contribution >= 0.6 is 0 Å². The van der Waals surface area contributed by atoms with Crippen molar-refractivity contribution in [2.75, 3.05) is 0 Å². The second-order valence-corrected chi connectivity index (χ2v) is 8.85. The Kier molecular flexibility index (Phi) is 5.19. The lowest BCUT2D eigenvalue weighted by Crippen LogP contribution is -2.41. The molecule has 1 saturated heterocycles. The summed E-state index contributed by atoms with van der Waals surface area (Å²) in [6, 6.07) is 6.92. The molecular weight excluding hydrogens is 307 g/mol. The third kappa shape index (κ3) is 3.73. The Hall–Kier alpha value is -1.06. The van der Waals surface area contributed by atoms with Gasteiger partial charge in [0.1, 0.15) is 0 Å². The molecule has 2 nitrogen and oxygen atoms in total. The zero-order valence-electron chi connectivity index (χ0n) is 16.8. The van der Waals surface area contributed by atoms with E-state index in [2.05, 4.69) is 71.9 Å². The highest BCUT2D eigenvalue weighted by molar-refractivity contribution is 6.62. The zero-order chi connectivity index (χ0) is 18.2. The number of benzene rings is 1. The Labute approximate surface area is 154 Å². The van der Waals surface area contributed by atoms with E-state index in [0.29, 0.717) is 11.8 Å². The van der Waals surface area contributed by atoms with Crippen LogP contribution in [0.15, 0.2) is 30.4 Å². The van der Waals surface area contributed by atoms with Gasteiger partial charge in [0.15, 0.2) is 0 Å². The largest absolute Gasteiger partial charge is 0.494 e. The minimum absolute atomic E-state index is 0.271. The Morgan fingerprint density at radius 3 is 2.28 bits per heavy atom. The summed E-state index contributed by atoms with van der Waals surface area (Å²) in [4.78, 5) is 0. The summed E-state index contributed by atoms with van der Waals surface area (Å²) in [6.07, 6.45) is 9.88. The lowest BCUT2D eigenvalue weighted by atomic mass is 9.71. The molecule has 1 heterocycles. The van der Waals surface area contributed by atoms with Gasteiger partial charge in [0.05, 0.1) is 11.2 Å². The van der Waals surface area contributed by atoms with Gasteiger partial charge in [-0.05, 0) is 77.2 Å². The van der Waals surface area contributed by atoms with E-state index in [1.807, 2.05) is 0 Å². The fraction of sp³-hybridized carbons (Fsp3) is 0.636. The van der Waals surface area contributed by atoms with Crippen molar-refractivity contribution < 1.29 is 9.31 Å². The molecule has 1 aromatic rings. The van der Waals surface area contributed by atoms with E-state index in [1.54, 1.807) is 0 Å². The normalized spacial score (nSPS) is 28.6. The molecule has 2 aliphatic rings. The average molecular weight is 340 g/mol. The van der Waals surface area contributed by atoms with Crippen molar-refractivity contribution in [3.63, 3.8) is 0 Å². The van der Waals surface area contributed by atoms with E-state index >= 15 is 0 Å². The first kappa shape index (κ1) is 18.7. The Balaban J connectivity index is 1.91. The summed E-state index contributed by atoms with van der Waals surface area (Å²) in [6.45, 7) is 12.8. The number of hydrogen-bond donors (Lipinski definition) is 0. The molecule has 0 radical (unpaired) electrons. The van der Waals surface area contributed by atoms with Crippen molar-refractivity contribution in [1.29, 1.82) is 0 Å². The topological polar surface area (TPSA) is 18.5 Å². The van der Waals surface area contributed by atoms with Crippen LogP contribution in [0.4, 0.5) is 0 Å². The fourth-order valence-electron chi connectivity index (χ4n) is 4.22. The van der Waals surface area contributed by atoms with E-state index in [4.69, 9.17) is 9.31 Å². The predicted molar refractivity (Wildman–Crippen MR) is 106 cm³/mol. The van der Waals surface area contributed by atoms with Gasteiger partial charge in [0.2, 0.25) is 0 Å². The van der Waals surface area contributed by atoms with E-state index in [9.17, 15) is 0 Å². The van der Waals surface area contributed by atoms with Gasteiger partial charge in [0.25, 0.3) is 0 Å². The average Bonchev–Trinajstić information content (AvgIpc) is 2.76. The van der Waals surface area contributed by atoms with Crippen LogP contribution in [0.2, 0.25) is 0 Å². The van der Waals surface area contributed by atoms with Gasteiger partial charge >= 0.3 is 7.12 Å². The minimum atomic E-state index is -0.292. The molecule has 2 unspecified atom stereocenters. The van der Waals surface area contributed by atoms with Gasteiger partial charge < -0.3 is 9.31 Å². The van der Waals surface area contributed by atoms with Crippen LogP contribution in [0.5, 0.6) is 0 Å². The summed E-state index contributed by atoms with van der Waals surface area (Å²) < 4.78 is 12.6. The second kappa shape index (κ2) is 6.93. The summed E-state index contributed by atoms with van der Waals surface area (Å²) in [5.41, 5.74) is 3.33. The molecule has 0 aromatic heterocycles. The Morgan fingerprint density at radius 1 is 1.00 bits per heavy atom. The molecule has 0 amide bonds. The Bertz CT molecular complexity index is 631. The van der Waals surface area contributed by atoms with Gasteiger partial charge in [-0.1, -0.05) is 48.8 Å². The van der Waals surface area contributed by atoms with Crippen LogP contribution < -0.4 is 5.46 Å². The van der Waals surface area contributed by atoms with Crippen LogP contribution in [0.25, 0.3) is 0 Å². The number of aryl methyl sites for hydroxylation is 1. The van der Waals surface area contributed by atoms with E-state index in [-0.39, 0.29) is 18.3 Å². The predicted octanol–water partition coefficient (Wildman–Crippen LogP) is 5.14. The van der Waals surface area contributed by atoms with Crippen LogP contribution in [0.3, 0.4) is 0 Å². The minimum Gasteiger partial charge on any atom is -0.399 e. The fourth-order valence-corrected chi connectivity index (χ4v) is 4.22. The third-order valence-electron chi connectivity index (χ3n) is 6.33. The quantitative estimate of drug-likeness (QED) is 0.560. The maximum atomic E-state index is 6.29. The number of hydrogen-bond acceptors (Lipinski definition) is 2. The van der Waals surface area contributed by atoms with Crippen molar-refractivity contribution in [3.05, 3.63) is 41.5 Å². The van der Waals surface area contributed by atoms with Gasteiger partial charge in [-0.2, -0.15) is 0 Å². The molecule has 0 N–H and O–H groups in total. The smallest absolute Gasteiger partial charge is 0.399 e. The first-order chi connectivity index (χ1) is 11.7. The van der Waals surface area contributed by atoms with Gasteiger partial charge in [0, 0.05) is 0 Å². The SMILES string of the molecule is C/C=C/C1CCCCC1c1cc(C)cc(B2OC(C)(C)C(C)(C)O2)c1. The highest BCUT2D eigenvalue weighted by Gasteiger charge is 2.51. The first-order valence-corrected chi connectivity index (χ1v) is 9.83. The lowest BCUT2D eigenvalue weighted by molar-refractivity contribution is 0.00578. The van der Waals surface area contributed by atoms with Crippen LogP contribution in [-0.4, -0.2) is 18.3 Å². The van der Waals surface area contributed by atoms with E-state index in [1.165, 1.54) is 42.3 Å². The van der Waals surface area contributed by atoms with Crippen molar-refractivity contribution >= 4 is 12.6 Å². The van der Waals surface area contributed by atoms with Crippen molar-refractivity contribution in [3.8, 4) is 0 Å². The molecule has 136 valence electrons.